The number of nitrogens with zero attached hydrogens (tertiary/aromatic N) is 2. The van der Waals surface area contributed by atoms with Crippen LogP contribution >= 0.6 is 0 Å². The van der Waals surface area contributed by atoms with Gasteiger partial charge in [-0.15, -0.1) is 0 Å². The Morgan fingerprint density at radius 3 is 2.50 bits per heavy atom. The van der Waals surface area contributed by atoms with Crippen LogP contribution in [0.1, 0.15) is 20.3 Å². The van der Waals surface area contributed by atoms with Crippen molar-refractivity contribution >= 4 is 27.1 Å². The number of hydrogen-bond acceptors (Lipinski definition) is 5. The summed E-state index contributed by atoms with van der Waals surface area (Å²) in [7, 11) is -3.13. The van der Waals surface area contributed by atoms with Crippen molar-refractivity contribution in [3.05, 3.63) is 24.0 Å². The van der Waals surface area contributed by atoms with Crippen LogP contribution in [0.2, 0.25) is 0 Å². The Bertz CT molecular complexity index is 834. The van der Waals surface area contributed by atoms with Gasteiger partial charge in [-0.1, -0.05) is 0 Å². The molecule has 142 valence electrons. The van der Waals surface area contributed by atoms with E-state index in [1.807, 2.05) is 18.7 Å². The maximum absolute atomic E-state index is 14.8. The van der Waals surface area contributed by atoms with E-state index in [2.05, 4.69) is 0 Å². The molecule has 3 saturated heterocycles. The molecule has 3 aliphatic rings. The number of hydrogen-bond donors (Lipinski definition) is 0. The highest BCUT2D eigenvalue weighted by Crippen LogP contribution is 2.38. The van der Waals surface area contributed by atoms with Crippen molar-refractivity contribution in [3.8, 4) is 0 Å². The molecule has 0 radical (unpaired) electrons. The maximum Gasteiger partial charge on any atom is 0.227 e. The van der Waals surface area contributed by atoms with E-state index in [9.17, 15) is 17.6 Å². The summed E-state index contributed by atoms with van der Waals surface area (Å²) < 4.78 is 44.3. The lowest BCUT2D eigenvalue weighted by Gasteiger charge is -2.37. The molecule has 3 aliphatic heterocycles. The van der Waals surface area contributed by atoms with Crippen LogP contribution in [-0.4, -0.2) is 57.2 Å². The average molecular weight is 382 g/mol. The van der Waals surface area contributed by atoms with Crippen LogP contribution in [-0.2, 0) is 19.4 Å². The van der Waals surface area contributed by atoms with E-state index in [0.717, 1.165) is 0 Å². The van der Waals surface area contributed by atoms with Crippen molar-refractivity contribution in [2.45, 2.75) is 38.5 Å². The number of rotatable bonds is 2. The maximum atomic E-state index is 14.8. The number of carbonyl (C=O) groups excluding carboxylic acids is 1. The zero-order valence-corrected chi connectivity index (χ0v) is 15.7. The number of benzene rings is 1. The zero-order valence-electron chi connectivity index (χ0n) is 14.9. The summed E-state index contributed by atoms with van der Waals surface area (Å²) in [5.74, 6) is -0.706. The summed E-state index contributed by atoms with van der Waals surface area (Å²) in [4.78, 5) is 15.8. The second kappa shape index (κ2) is 6.20. The molecule has 4 atom stereocenters. The third-order valence-electron chi connectivity index (χ3n) is 5.44. The molecule has 0 unspecified atom stereocenters. The molecule has 6 nitrogen and oxygen atoms in total. The van der Waals surface area contributed by atoms with Crippen molar-refractivity contribution in [2.24, 2.45) is 5.92 Å². The number of morpholine rings is 1. The number of halogens is 1. The van der Waals surface area contributed by atoms with E-state index in [4.69, 9.17) is 4.74 Å². The van der Waals surface area contributed by atoms with Gasteiger partial charge in [-0.25, -0.2) is 12.8 Å². The van der Waals surface area contributed by atoms with E-state index in [1.54, 1.807) is 12.1 Å². The van der Waals surface area contributed by atoms with Crippen LogP contribution in [0.5, 0.6) is 0 Å². The van der Waals surface area contributed by atoms with Crippen LogP contribution in [0.4, 0.5) is 15.8 Å². The fraction of sp³-hybridized carbons (Fsp3) is 0.611. The predicted molar refractivity (Wildman–Crippen MR) is 96.7 cm³/mol. The minimum Gasteiger partial charge on any atom is -0.372 e. The molecule has 0 N–H and O–H groups in total. The van der Waals surface area contributed by atoms with Gasteiger partial charge in [0.05, 0.1) is 35.4 Å². The molecule has 1 aromatic carbocycles. The van der Waals surface area contributed by atoms with E-state index < -0.39 is 15.7 Å². The minimum atomic E-state index is -3.13. The molecule has 4 rings (SSSR count). The second-order valence-corrected chi connectivity index (χ2v) is 9.82. The molecule has 26 heavy (non-hydrogen) atoms. The first-order valence-electron chi connectivity index (χ1n) is 8.96. The number of anilines is 2. The highest BCUT2D eigenvalue weighted by atomic mass is 32.2. The summed E-state index contributed by atoms with van der Waals surface area (Å²) in [6.45, 7) is 5.12. The van der Waals surface area contributed by atoms with E-state index in [-0.39, 0.29) is 48.0 Å². The third-order valence-corrected chi connectivity index (χ3v) is 7.23. The topological polar surface area (TPSA) is 66.9 Å². The molecule has 0 bridgehead atoms. The molecule has 1 amide bonds. The highest BCUT2D eigenvalue weighted by Gasteiger charge is 2.49. The van der Waals surface area contributed by atoms with Crippen LogP contribution in [0, 0.1) is 11.7 Å². The quantitative estimate of drug-likeness (QED) is 0.777. The lowest BCUT2D eigenvalue weighted by atomic mass is 10.0. The fourth-order valence-corrected chi connectivity index (χ4v) is 6.57. The average Bonchev–Trinajstić information content (AvgIpc) is 2.95. The number of ether oxygens (including phenoxy) is 1. The molecule has 8 heteroatoms. The van der Waals surface area contributed by atoms with Crippen molar-refractivity contribution in [3.63, 3.8) is 0 Å². The van der Waals surface area contributed by atoms with Crippen LogP contribution in [0.3, 0.4) is 0 Å². The lowest BCUT2D eigenvalue weighted by molar-refractivity contribution is -0.117. The van der Waals surface area contributed by atoms with E-state index in [0.29, 0.717) is 24.5 Å². The molecule has 0 spiro atoms. The van der Waals surface area contributed by atoms with Crippen LogP contribution < -0.4 is 9.80 Å². The number of carbonyl (C=O) groups is 1. The standard InChI is InChI=1S/C18H23FN2O4S/c1-11-7-20(8-12(2)25-11)16-4-3-14(6-15(16)19)21-17-10-26(23,24)9-13(17)5-18(21)22/h3-4,6,11-13,17H,5,7-10H2,1-2H3/t11-,12+,13-,17-/m1/s1. The van der Waals surface area contributed by atoms with Gasteiger partial charge in [0.25, 0.3) is 0 Å². The monoisotopic (exact) mass is 382 g/mol. The van der Waals surface area contributed by atoms with Crippen molar-refractivity contribution in [1.29, 1.82) is 0 Å². The van der Waals surface area contributed by atoms with Gasteiger partial charge < -0.3 is 14.5 Å². The van der Waals surface area contributed by atoms with E-state index in [1.165, 1.54) is 11.0 Å². The van der Waals surface area contributed by atoms with Gasteiger partial charge in [0.15, 0.2) is 9.84 Å². The van der Waals surface area contributed by atoms with Gasteiger partial charge in [-0.05, 0) is 32.0 Å². The number of sulfone groups is 1. The molecule has 0 aliphatic carbocycles. The number of fused-ring (bicyclic) bond motifs is 1. The molecule has 1 aromatic rings. The fourth-order valence-electron chi connectivity index (χ4n) is 4.50. The van der Waals surface area contributed by atoms with Crippen molar-refractivity contribution in [2.75, 3.05) is 34.4 Å². The van der Waals surface area contributed by atoms with Gasteiger partial charge in [-0.3, -0.25) is 4.79 Å². The summed E-state index contributed by atoms with van der Waals surface area (Å²) in [5.41, 5.74) is 0.924. The SMILES string of the molecule is C[C@@H]1CN(c2ccc(N3C(=O)C[C@@H]4CS(=O)(=O)C[C@H]43)cc2F)C[C@H](C)O1. The van der Waals surface area contributed by atoms with Gasteiger partial charge in [0.2, 0.25) is 5.91 Å². The zero-order chi connectivity index (χ0) is 18.6. The number of amides is 1. The summed E-state index contributed by atoms with van der Waals surface area (Å²) >= 11 is 0. The summed E-state index contributed by atoms with van der Waals surface area (Å²) in [6.07, 6.45) is 0.246. The molecular weight excluding hydrogens is 359 g/mol. The molecule has 3 fully saturated rings. The first-order valence-corrected chi connectivity index (χ1v) is 10.8. The largest absolute Gasteiger partial charge is 0.372 e. The minimum absolute atomic E-state index is 0.0161. The summed E-state index contributed by atoms with van der Waals surface area (Å²) in [5, 5.41) is 0. The first kappa shape index (κ1) is 17.7. The summed E-state index contributed by atoms with van der Waals surface area (Å²) in [6, 6.07) is 4.38. The molecular formula is C18H23FN2O4S. The second-order valence-electron chi connectivity index (χ2n) is 7.67. The predicted octanol–water partition coefficient (Wildman–Crippen LogP) is 1.59. The van der Waals surface area contributed by atoms with Gasteiger partial charge >= 0.3 is 0 Å². The van der Waals surface area contributed by atoms with Gasteiger partial charge in [0, 0.05) is 31.1 Å². The third kappa shape index (κ3) is 3.09. The molecule has 0 aromatic heterocycles. The Hall–Kier alpha value is -1.67. The lowest BCUT2D eigenvalue weighted by Crippen LogP contribution is -2.45. The van der Waals surface area contributed by atoms with Crippen LogP contribution in [0.15, 0.2) is 18.2 Å². The van der Waals surface area contributed by atoms with Crippen LogP contribution in [0.25, 0.3) is 0 Å². The van der Waals surface area contributed by atoms with Crippen molar-refractivity contribution in [1.82, 2.24) is 0 Å². The van der Waals surface area contributed by atoms with E-state index >= 15 is 0 Å². The molecule has 3 heterocycles. The van der Waals surface area contributed by atoms with Gasteiger partial charge in [0.1, 0.15) is 5.82 Å². The Labute approximate surface area is 152 Å². The van der Waals surface area contributed by atoms with Crippen molar-refractivity contribution < 1.29 is 22.3 Å². The Morgan fingerprint density at radius 2 is 1.85 bits per heavy atom. The Morgan fingerprint density at radius 1 is 1.15 bits per heavy atom. The first-order chi connectivity index (χ1) is 12.2. The Kier molecular flexibility index (Phi) is 4.23. The molecule has 0 saturated carbocycles. The highest BCUT2D eigenvalue weighted by molar-refractivity contribution is 7.91. The smallest absolute Gasteiger partial charge is 0.227 e. The van der Waals surface area contributed by atoms with Gasteiger partial charge in [-0.2, -0.15) is 0 Å². The normalized spacial score (nSPS) is 33.6. The Balaban J connectivity index is 1.61.